The molecule has 0 heterocycles. The number of methoxy groups -OCH3 is 2. The van der Waals surface area contributed by atoms with Crippen LogP contribution in [0.15, 0.2) is 12.1 Å². The monoisotopic (exact) mass is 223 g/mol. The number of ether oxygens (including phenoxy) is 2. The Morgan fingerprint density at radius 1 is 1.19 bits per heavy atom. The van der Waals surface area contributed by atoms with E-state index in [1.54, 1.807) is 0 Å². The smallest absolute Gasteiger partial charge is 0.512 e. The van der Waals surface area contributed by atoms with Crippen LogP contribution < -0.4 is 14.1 Å². The highest BCUT2D eigenvalue weighted by molar-refractivity contribution is 6.33. The van der Waals surface area contributed by atoms with Gasteiger partial charge in [-0.15, -0.1) is 0 Å². The van der Waals surface area contributed by atoms with Crippen molar-refractivity contribution in [3.63, 3.8) is 0 Å². The summed E-state index contributed by atoms with van der Waals surface area (Å²) in [6.45, 7) is 0. The normalized spacial score (nSPS) is 9.19. The second kappa shape index (κ2) is 5.25. The van der Waals surface area contributed by atoms with E-state index in [9.17, 15) is 0 Å². The topological polar surface area (TPSA) is 91.9 Å². The average Bonchev–Trinajstić information content (AvgIpc) is 2.26. The molecule has 0 spiro atoms. The third-order valence-electron chi connectivity index (χ3n) is 1.83. The molecule has 0 amide bonds. The Labute approximate surface area is 92.8 Å². The van der Waals surface area contributed by atoms with Crippen molar-refractivity contribution < 1.29 is 24.2 Å². The van der Waals surface area contributed by atoms with Gasteiger partial charge in [0, 0.05) is 12.1 Å². The lowest BCUT2D eigenvalue weighted by molar-refractivity contribution is 0.286. The molecule has 0 saturated carbocycles. The molecule has 0 saturated heterocycles. The molecule has 0 radical (unpaired) electrons. The molecule has 0 aliphatic heterocycles. The highest BCUT2D eigenvalue weighted by atomic mass is 16.6. The first-order valence-electron chi connectivity index (χ1n) is 4.31. The standard InChI is InChI=1S/C9H10BNO5/c1-14-8-3-6(16-10(12)13)4-9(15-2)7(8)5-11/h3-4,12-13H,1-2H3. The van der Waals surface area contributed by atoms with E-state index in [4.69, 9.17) is 24.8 Å². The van der Waals surface area contributed by atoms with Gasteiger partial charge in [0.15, 0.2) is 0 Å². The highest BCUT2D eigenvalue weighted by Crippen LogP contribution is 2.33. The maximum atomic E-state index is 8.88. The molecule has 0 aromatic heterocycles. The van der Waals surface area contributed by atoms with Crippen molar-refractivity contribution in [1.29, 1.82) is 5.26 Å². The molecular weight excluding hydrogens is 213 g/mol. The lowest BCUT2D eigenvalue weighted by Gasteiger charge is -2.11. The first-order valence-corrected chi connectivity index (χ1v) is 4.31. The first kappa shape index (κ1) is 12.2. The lowest BCUT2D eigenvalue weighted by Crippen LogP contribution is -2.20. The summed E-state index contributed by atoms with van der Waals surface area (Å²) < 4.78 is 14.6. The summed E-state index contributed by atoms with van der Waals surface area (Å²) in [6, 6.07) is 4.64. The predicted molar refractivity (Wildman–Crippen MR) is 55.1 cm³/mol. The molecule has 0 unspecified atom stereocenters. The van der Waals surface area contributed by atoms with E-state index >= 15 is 0 Å². The number of rotatable bonds is 4. The SMILES string of the molecule is COc1cc(OB(O)O)cc(OC)c1C#N. The minimum Gasteiger partial charge on any atom is -0.512 e. The Morgan fingerprint density at radius 2 is 1.69 bits per heavy atom. The van der Waals surface area contributed by atoms with Gasteiger partial charge in [0.25, 0.3) is 0 Å². The molecule has 6 nitrogen and oxygen atoms in total. The van der Waals surface area contributed by atoms with Crippen LogP contribution in [0.25, 0.3) is 0 Å². The van der Waals surface area contributed by atoms with E-state index in [-0.39, 0.29) is 22.8 Å². The van der Waals surface area contributed by atoms with E-state index in [0.717, 1.165) is 0 Å². The number of hydrogen-bond donors (Lipinski definition) is 2. The van der Waals surface area contributed by atoms with E-state index in [1.807, 2.05) is 6.07 Å². The van der Waals surface area contributed by atoms with Gasteiger partial charge in [-0.2, -0.15) is 5.26 Å². The number of nitrogens with zero attached hydrogens (tertiary/aromatic N) is 1. The van der Waals surface area contributed by atoms with Gasteiger partial charge in [0.05, 0.1) is 14.2 Å². The van der Waals surface area contributed by atoms with Crippen molar-refractivity contribution in [2.45, 2.75) is 0 Å². The van der Waals surface area contributed by atoms with Gasteiger partial charge in [0.2, 0.25) is 0 Å². The molecule has 0 aliphatic carbocycles. The molecule has 1 rings (SSSR count). The Morgan fingerprint density at radius 3 is 2.00 bits per heavy atom. The Kier molecular flexibility index (Phi) is 3.99. The highest BCUT2D eigenvalue weighted by Gasteiger charge is 2.17. The summed E-state index contributed by atoms with van der Waals surface area (Å²) in [6.07, 6.45) is 0. The number of hydrogen-bond acceptors (Lipinski definition) is 6. The lowest BCUT2D eigenvalue weighted by atomic mass is 10.1. The van der Waals surface area contributed by atoms with E-state index < -0.39 is 7.32 Å². The molecule has 1 aromatic rings. The number of nitriles is 1. The molecule has 84 valence electrons. The second-order valence-corrected chi connectivity index (χ2v) is 2.76. The zero-order chi connectivity index (χ0) is 12.1. The molecule has 2 N–H and O–H groups in total. The van der Waals surface area contributed by atoms with Crippen LogP contribution in [-0.2, 0) is 0 Å². The van der Waals surface area contributed by atoms with Crippen LogP contribution in [0, 0.1) is 11.3 Å². The zero-order valence-electron chi connectivity index (χ0n) is 8.80. The van der Waals surface area contributed by atoms with Crippen LogP contribution in [-0.4, -0.2) is 31.6 Å². The summed E-state index contributed by atoms with van der Waals surface area (Å²) in [5.41, 5.74) is 0.213. The third kappa shape index (κ3) is 2.56. The molecule has 0 bridgehead atoms. The fourth-order valence-corrected chi connectivity index (χ4v) is 1.19. The maximum absolute atomic E-state index is 8.88. The van der Waals surface area contributed by atoms with E-state index in [2.05, 4.69) is 4.65 Å². The minimum absolute atomic E-state index is 0.128. The second-order valence-electron chi connectivity index (χ2n) is 2.76. The third-order valence-corrected chi connectivity index (χ3v) is 1.83. The minimum atomic E-state index is -1.94. The Bertz CT molecular complexity index is 390. The Balaban J connectivity index is 3.21. The number of benzene rings is 1. The van der Waals surface area contributed by atoms with Gasteiger partial charge in [-0.25, -0.2) is 0 Å². The maximum Gasteiger partial charge on any atom is 0.707 e. The first-order chi connectivity index (χ1) is 7.62. The van der Waals surface area contributed by atoms with Crippen LogP contribution in [0.1, 0.15) is 5.56 Å². The van der Waals surface area contributed by atoms with E-state index in [0.29, 0.717) is 0 Å². The van der Waals surface area contributed by atoms with Crippen LogP contribution in [0.2, 0.25) is 0 Å². The van der Waals surface area contributed by atoms with Gasteiger partial charge in [-0.05, 0) is 0 Å². The van der Waals surface area contributed by atoms with Crippen LogP contribution in [0.3, 0.4) is 0 Å². The van der Waals surface area contributed by atoms with Gasteiger partial charge in [-0.1, -0.05) is 0 Å². The van der Waals surface area contributed by atoms with Crippen LogP contribution in [0.5, 0.6) is 17.2 Å². The molecular formula is C9H10BNO5. The van der Waals surface area contributed by atoms with Crippen LogP contribution in [0.4, 0.5) is 0 Å². The molecule has 16 heavy (non-hydrogen) atoms. The van der Waals surface area contributed by atoms with Crippen molar-refractivity contribution in [1.82, 2.24) is 0 Å². The predicted octanol–water partition coefficient (Wildman–Crippen LogP) is -0.0762. The summed E-state index contributed by atoms with van der Waals surface area (Å²) in [5.74, 6) is 0.595. The molecule has 0 aliphatic rings. The van der Waals surface area contributed by atoms with E-state index in [1.165, 1.54) is 26.4 Å². The van der Waals surface area contributed by atoms with Gasteiger partial charge >= 0.3 is 7.32 Å². The summed E-state index contributed by atoms with van der Waals surface area (Å²) in [7, 11) is 0.825. The van der Waals surface area contributed by atoms with Crippen LogP contribution >= 0.6 is 0 Å². The van der Waals surface area contributed by atoms with Gasteiger partial charge in [-0.3, -0.25) is 0 Å². The largest absolute Gasteiger partial charge is 0.707 e. The zero-order valence-corrected chi connectivity index (χ0v) is 8.80. The molecule has 0 fully saturated rings. The van der Waals surface area contributed by atoms with Gasteiger partial charge < -0.3 is 24.2 Å². The summed E-state index contributed by atoms with van der Waals surface area (Å²) >= 11 is 0. The quantitative estimate of drug-likeness (QED) is 0.693. The van der Waals surface area contributed by atoms with Crippen molar-refractivity contribution in [2.24, 2.45) is 0 Å². The Hall–Kier alpha value is -1.91. The van der Waals surface area contributed by atoms with Crippen molar-refractivity contribution in [3.05, 3.63) is 17.7 Å². The molecule has 0 atom stereocenters. The fraction of sp³-hybridized carbons (Fsp3) is 0.222. The molecule has 7 heteroatoms. The van der Waals surface area contributed by atoms with Crippen molar-refractivity contribution >= 4 is 7.32 Å². The summed E-state index contributed by atoms with van der Waals surface area (Å²) in [5, 5.41) is 26.2. The van der Waals surface area contributed by atoms with Crippen molar-refractivity contribution in [3.8, 4) is 23.3 Å². The fourth-order valence-electron chi connectivity index (χ4n) is 1.19. The van der Waals surface area contributed by atoms with Gasteiger partial charge in [0.1, 0.15) is 28.9 Å². The van der Waals surface area contributed by atoms with Crippen molar-refractivity contribution in [2.75, 3.05) is 14.2 Å². The summed E-state index contributed by atoms with van der Waals surface area (Å²) in [4.78, 5) is 0. The molecule has 1 aromatic carbocycles. The average molecular weight is 223 g/mol.